The van der Waals surface area contributed by atoms with E-state index in [0.29, 0.717) is 6.42 Å². The molecule has 0 bridgehead atoms. The molecule has 0 spiro atoms. The molecule has 4 heteroatoms. The number of carbonyl (C=O) groups excluding carboxylic acids is 1. The third kappa shape index (κ3) is 2.25. The summed E-state index contributed by atoms with van der Waals surface area (Å²) in [7, 11) is 1.87. The number of aromatic nitrogens is 1. The SMILES string of the molecule is CCCC(=O)Nc1ccc2c(c1)c(O)cn2C. The number of carbonyl (C=O) groups is 1. The van der Waals surface area contributed by atoms with Gasteiger partial charge in [0.05, 0.1) is 5.52 Å². The fourth-order valence-corrected chi connectivity index (χ4v) is 1.90. The maximum Gasteiger partial charge on any atom is 0.224 e. The maximum absolute atomic E-state index is 11.5. The van der Waals surface area contributed by atoms with Crippen LogP contribution in [0.5, 0.6) is 5.75 Å². The lowest BCUT2D eigenvalue weighted by atomic mass is 10.2. The topological polar surface area (TPSA) is 54.3 Å². The average molecular weight is 232 g/mol. The molecule has 90 valence electrons. The molecule has 0 saturated carbocycles. The Labute approximate surface area is 99.9 Å². The fourth-order valence-electron chi connectivity index (χ4n) is 1.90. The highest BCUT2D eigenvalue weighted by molar-refractivity contribution is 5.95. The predicted octanol–water partition coefficient (Wildman–Crippen LogP) is 2.62. The molecule has 0 aliphatic rings. The number of nitrogens with zero attached hydrogens (tertiary/aromatic N) is 1. The highest BCUT2D eigenvalue weighted by atomic mass is 16.3. The Morgan fingerprint density at radius 1 is 1.47 bits per heavy atom. The Morgan fingerprint density at radius 3 is 2.94 bits per heavy atom. The number of hydrogen-bond donors (Lipinski definition) is 2. The van der Waals surface area contributed by atoms with Crippen molar-refractivity contribution in [1.82, 2.24) is 4.57 Å². The first-order chi connectivity index (χ1) is 8.11. The smallest absolute Gasteiger partial charge is 0.224 e. The van der Waals surface area contributed by atoms with Crippen molar-refractivity contribution in [1.29, 1.82) is 0 Å². The van der Waals surface area contributed by atoms with Crippen molar-refractivity contribution < 1.29 is 9.90 Å². The van der Waals surface area contributed by atoms with E-state index < -0.39 is 0 Å². The average Bonchev–Trinajstić information content (AvgIpc) is 2.55. The van der Waals surface area contributed by atoms with Crippen molar-refractivity contribution in [2.75, 3.05) is 5.32 Å². The predicted molar refractivity (Wildman–Crippen MR) is 68.1 cm³/mol. The van der Waals surface area contributed by atoms with E-state index in [2.05, 4.69) is 5.32 Å². The van der Waals surface area contributed by atoms with Gasteiger partial charge in [-0.15, -0.1) is 0 Å². The van der Waals surface area contributed by atoms with Gasteiger partial charge < -0.3 is 15.0 Å². The van der Waals surface area contributed by atoms with Gasteiger partial charge in [-0.2, -0.15) is 0 Å². The Morgan fingerprint density at radius 2 is 2.24 bits per heavy atom. The number of nitrogens with one attached hydrogen (secondary N) is 1. The first kappa shape index (κ1) is 11.5. The van der Waals surface area contributed by atoms with Gasteiger partial charge in [0.25, 0.3) is 0 Å². The van der Waals surface area contributed by atoms with Crippen LogP contribution in [0.25, 0.3) is 10.9 Å². The summed E-state index contributed by atoms with van der Waals surface area (Å²) >= 11 is 0. The lowest BCUT2D eigenvalue weighted by Crippen LogP contribution is -2.10. The monoisotopic (exact) mass is 232 g/mol. The minimum atomic E-state index is 0.00210. The number of aryl methyl sites for hydroxylation is 1. The maximum atomic E-state index is 11.5. The van der Waals surface area contributed by atoms with Gasteiger partial charge in [-0.05, 0) is 24.6 Å². The molecule has 2 aromatic rings. The summed E-state index contributed by atoms with van der Waals surface area (Å²) in [5.74, 6) is 0.233. The normalized spacial score (nSPS) is 10.7. The number of benzene rings is 1. The summed E-state index contributed by atoms with van der Waals surface area (Å²) < 4.78 is 1.85. The minimum absolute atomic E-state index is 0.00210. The molecule has 1 aromatic carbocycles. The van der Waals surface area contributed by atoms with E-state index >= 15 is 0 Å². The number of fused-ring (bicyclic) bond motifs is 1. The van der Waals surface area contributed by atoms with Crippen LogP contribution >= 0.6 is 0 Å². The molecule has 4 nitrogen and oxygen atoms in total. The van der Waals surface area contributed by atoms with Crippen molar-refractivity contribution in [2.45, 2.75) is 19.8 Å². The van der Waals surface area contributed by atoms with Crippen molar-refractivity contribution in [3.63, 3.8) is 0 Å². The molecule has 1 aromatic heterocycles. The standard InChI is InChI=1S/C13H16N2O2/c1-3-4-13(17)14-9-5-6-11-10(7-9)12(16)8-15(11)2/h5-8,16H,3-4H2,1-2H3,(H,14,17). The van der Waals surface area contributed by atoms with Crippen LogP contribution in [0.2, 0.25) is 0 Å². The molecule has 0 aliphatic carbocycles. The fraction of sp³-hybridized carbons (Fsp3) is 0.308. The largest absolute Gasteiger partial charge is 0.506 e. The van der Waals surface area contributed by atoms with Crippen LogP contribution in [-0.4, -0.2) is 15.6 Å². The quantitative estimate of drug-likeness (QED) is 0.854. The third-order valence-corrected chi connectivity index (χ3v) is 2.73. The van der Waals surface area contributed by atoms with E-state index in [-0.39, 0.29) is 11.7 Å². The van der Waals surface area contributed by atoms with Gasteiger partial charge >= 0.3 is 0 Å². The van der Waals surface area contributed by atoms with E-state index in [0.717, 1.165) is 23.0 Å². The van der Waals surface area contributed by atoms with Crippen LogP contribution in [0.15, 0.2) is 24.4 Å². The number of rotatable bonds is 3. The zero-order valence-corrected chi connectivity index (χ0v) is 10.0. The summed E-state index contributed by atoms with van der Waals surface area (Å²) in [6.07, 6.45) is 2.99. The van der Waals surface area contributed by atoms with Gasteiger partial charge in [-0.1, -0.05) is 6.92 Å². The molecule has 0 radical (unpaired) electrons. The first-order valence-electron chi connectivity index (χ1n) is 5.69. The second-order valence-corrected chi connectivity index (χ2v) is 4.16. The summed E-state index contributed by atoms with van der Waals surface area (Å²) in [6, 6.07) is 5.52. The highest BCUT2D eigenvalue weighted by Gasteiger charge is 2.07. The lowest BCUT2D eigenvalue weighted by Gasteiger charge is -2.04. The van der Waals surface area contributed by atoms with Gasteiger partial charge in [-0.3, -0.25) is 4.79 Å². The Hall–Kier alpha value is -1.97. The van der Waals surface area contributed by atoms with Gasteiger partial charge in [-0.25, -0.2) is 0 Å². The van der Waals surface area contributed by atoms with Crippen molar-refractivity contribution in [3.8, 4) is 5.75 Å². The molecule has 0 unspecified atom stereocenters. The van der Waals surface area contributed by atoms with Gasteiger partial charge in [0.2, 0.25) is 5.91 Å². The molecule has 2 N–H and O–H groups in total. The molecular formula is C13H16N2O2. The van der Waals surface area contributed by atoms with E-state index in [1.54, 1.807) is 12.3 Å². The second-order valence-electron chi connectivity index (χ2n) is 4.16. The van der Waals surface area contributed by atoms with Crippen LogP contribution in [0.4, 0.5) is 5.69 Å². The van der Waals surface area contributed by atoms with Crippen LogP contribution in [-0.2, 0) is 11.8 Å². The Balaban J connectivity index is 2.31. The van der Waals surface area contributed by atoms with Gasteiger partial charge in [0, 0.05) is 30.7 Å². The molecule has 2 rings (SSSR count). The molecule has 17 heavy (non-hydrogen) atoms. The summed E-state index contributed by atoms with van der Waals surface area (Å²) in [4.78, 5) is 11.5. The summed E-state index contributed by atoms with van der Waals surface area (Å²) in [6.45, 7) is 1.96. The van der Waals surface area contributed by atoms with E-state index in [1.807, 2.05) is 30.7 Å². The zero-order chi connectivity index (χ0) is 12.4. The Kier molecular flexibility index (Phi) is 3.04. The minimum Gasteiger partial charge on any atom is -0.506 e. The molecule has 0 saturated heterocycles. The number of anilines is 1. The van der Waals surface area contributed by atoms with Crippen LogP contribution in [0.1, 0.15) is 19.8 Å². The molecule has 0 atom stereocenters. The second kappa shape index (κ2) is 4.49. The van der Waals surface area contributed by atoms with Gasteiger partial charge in [0.15, 0.2) is 0 Å². The first-order valence-corrected chi connectivity index (χ1v) is 5.69. The van der Waals surface area contributed by atoms with Crippen molar-refractivity contribution in [2.24, 2.45) is 7.05 Å². The number of amides is 1. The molecular weight excluding hydrogens is 216 g/mol. The highest BCUT2D eigenvalue weighted by Crippen LogP contribution is 2.28. The van der Waals surface area contributed by atoms with Crippen molar-refractivity contribution in [3.05, 3.63) is 24.4 Å². The lowest BCUT2D eigenvalue weighted by molar-refractivity contribution is -0.116. The van der Waals surface area contributed by atoms with E-state index in [4.69, 9.17) is 0 Å². The summed E-state index contributed by atoms with van der Waals surface area (Å²) in [5, 5.41) is 13.3. The van der Waals surface area contributed by atoms with E-state index in [1.165, 1.54) is 0 Å². The van der Waals surface area contributed by atoms with Crippen LogP contribution in [0, 0.1) is 0 Å². The number of hydrogen-bond acceptors (Lipinski definition) is 2. The van der Waals surface area contributed by atoms with Crippen LogP contribution in [0.3, 0.4) is 0 Å². The molecule has 1 amide bonds. The molecule has 1 heterocycles. The summed E-state index contributed by atoms with van der Waals surface area (Å²) in [5.41, 5.74) is 1.66. The van der Waals surface area contributed by atoms with Crippen molar-refractivity contribution >= 4 is 22.5 Å². The molecule has 0 fully saturated rings. The zero-order valence-electron chi connectivity index (χ0n) is 10.0. The van der Waals surface area contributed by atoms with Crippen LogP contribution < -0.4 is 5.32 Å². The molecule has 0 aliphatic heterocycles. The third-order valence-electron chi connectivity index (χ3n) is 2.73. The van der Waals surface area contributed by atoms with E-state index in [9.17, 15) is 9.90 Å². The van der Waals surface area contributed by atoms with Gasteiger partial charge in [0.1, 0.15) is 5.75 Å². The Bertz CT molecular complexity index is 558. The number of aromatic hydroxyl groups is 1.